The average Bonchev–Trinajstić information content (AvgIpc) is 3.10. The van der Waals surface area contributed by atoms with Crippen molar-refractivity contribution in [3.8, 4) is 5.19 Å². The van der Waals surface area contributed by atoms with Crippen molar-refractivity contribution in [2.45, 2.75) is 25.7 Å². The first-order valence-electron chi connectivity index (χ1n) is 6.69. The Morgan fingerprint density at radius 1 is 1.30 bits per heavy atom. The standard InChI is InChI=1S/C14H17N3O2S/c18-10-13-15-16-14(20-13)19-12-6-7-17(9-12)8-11-4-2-1-3-5-11/h1-5,12,18H,6-10H2. The number of aromatic nitrogens is 2. The number of ether oxygens (including phenoxy) is 1. The Balaban J connectivity index is 1.52. The summed E-state index contributed by atoms with van der Waals surface area (Å²) in [7, 11) is 0. The van der Waals surface area contributed by atoms with E-state index in [0.717, 1.165) is 26.1 Å². The van der Waals surface area contributed by atoms with Gasteiger partial charge in [-0.1, -0.05) is 46.8 Å². The second-order valence-electron chi connectivity index (χ2n) is 4.87. The molecule has 106 valence electrons. The highest BCUT2D eigenvalue weighted by Crippen LogP contribution is 2.23. The van der Waals surface area contributed by atoms with E-state index < -0.39 is 0 Å². The number of hydrogen-bond acceptors (Lipinski definition) is 6. The maximum atomic E-state index is 8.96. The fourth-order valence-electron chi connectivity index (χ4n) is 2.37. The van der Waals surface area contributed by atoms with E-state index in [1.165, 1.54) is 16.9 Å². The molecule has 2 heterocycles. The van der Waals surface area contributed by atoms with E-state index in [-0.39, 0.29) is 12.7 Å². The predicted octanol–water partition coefficient (Wildman–Crippen LogP) is 1.68. The molecule has 3 rings (SSSR count). The number of benzene rings is 1. The van der Waals surface area contributed by atoms with Gasteiger partial charge in [0.1, 0.15) is 11.1 Å². The van der Waals surface area contributed by atoms with E-state index in [0.29, 0.717) is 10.2 Å². The van der Waals surface area contributed by atoms with Crippen LogP contribution in [-0.2, 0) is 13.2 Å². The van der Waals surface area contributed by atoms with E-state index in [1.54, 1.807) is 0 Å². The molecule has 6 heteroatoms. The number of hydrogen-bond donors (Lipinski definition) is 1. The Kier molecular flexibility index (Phi) is 4.25. The highest BCUT2D eigenvalue weighted by Gasteiger charge is 2.25. The van der Waals surface area contributed by atoms with E-state index in [4.69, 9.17) is 9.84 Å². The maximum Gasteiger partial charge on any atom is 0.294 e. The highest BCUT2D eigenvalue weighted by molar-refractivity contribution is 7.13. The summed E-state index contributed by atoms with van der Waals surface area (Å²) >= 11 is 1.31. The molecule has 2 aromatic rings. The molecule has 0 radical (unpaired) electrons. The molecule has 0 saturated carbocycles. The van der Waals surface area contributed by atoms with Gasteiger partial charge in [-0.05, 0) is 12.0 Å². The molecule has 1 fully saturated rings. The van der Waals surface area contributed by atoms with Gasteiger partial charge in [0.05, 0.1) is 6.61 Å². The van der Waals surface area contributed by atoms with Crippen molar-refractivity contribution in [1.82, 2.24) is 15.1 Å². The third-order valence-corrected chi connectivity index (χ3v) is 4.13. The fourth-order valence-corrected chi connectivity index (χ4v) is 2.98. The zero-order chi connectivity index (χ0) is 13.8. The van der Waals surface area contributed by atoms with Crippen LogP contribution in [0, 0.1) is 0 Å². The molecular weight excluding hydrogens is 274 g/mol. The summed E-state index contributed by atoms with van der Waals surface area (Å²) in [5, 5.41) is 17.9. The fraction of sp³-hybridized carbons (Fsp3) is 0.429. The van der Waals surface area contributed by atoms with Crippen molar-refractivity contribution in [3.63, 3.8) is 0 Å². The summed E-state index contributed by atoms with van der Waals surface area (Å²) in [6, 6.07) is 10.5. The molecule has 1 N–H and O–H groups in total. The Labute approximate surface area is 121 Å². The number of rotatable bonds is 5. The Hall–Kier alpha value is -1.50. The van der Waals surface area contributed by atoms with Crippen LogP contribution in [0.25, 0.3) is 0 Å². The van der Waals surface area contributed by atoms with Gasteiger partial charge in [0.15, 0.2) is 0 Å². The van der Waals surface area contributed by atoms with Crippen LogP contribution < -0.4 is 4.74 Å². The van der Waals surface area contributed by atoms with Gasteiger partial charge in [-0.15, -0.1) is 5.10 Å². The molecule has 5 nitrogen and oxygen atoms in total. The zero-order valence-electron chi connectivity index (χ0n) is 11.1. The molecular formula is C14H17N3O2S. The number of aliphatic hydroxyl groups excluding tert-OH is 1. The summed E-state index contributed by atoms with van der Waals surface area (Å²) in [6.07, 6.45) is 1.17. The molecule has 1 atom stereocenters. The lowest BCUT2D eigenvalue weighted by atomic mass is 10.2. The molecule has 1 aromatic carbocycles. The van der Waals surface area contributed by atoms with E-state index in [1.807, 2.05) is 6.07 Å². The third kappa shape index (κ3) is 3.33. The van der Waals surface area contributed by atoms with Gasteiger partial charge in [-0.25, -0.2) is 0 Å². The minimum Gasteiger partial charge on any atom is -0.464 e. The van der Waals surface area contributed by atoms with Gasteiger partial charge in [0, 0.05) is 19.6 Å². The molecule has 1 aromatic heterocycles. The average molecular weight is 291 g/mol. The molecule has 0 spiro atoms. The third-order valence-electron chi connectivity index (χ3n) is 3.33. The SMILES string of the molecule is OCc1nnc(OC2CCN(Cc3ccccc3)C2)s1. The van der Waals surface area contributed by atoms with E-state index in [9.17, 15) is 0 Å². The Morgan fingerprint density at radius 2 is 2.15 bits per heavy atom. The van der Waals surface area contributed by atoms with Crippen LogP contribution in [0.3, 0.4) is 0 Å². The van der Waals surface area contributed by atoms with Crippen molar-refractivity contribution in [2.75, 3.05) is 13.1 Å². The molecule has 0 aliphatic carbocycles. The first kappa shape index (κ1) is 13.5. The van der Waals surface area contributed by atoms with Crippen molar-refractivity contribution in [3.05, 3.63) is 40.9 Å². The molecule has 0 amide bonds. The lowest BCUT2D eigenvalue weighted by molar-refractivity contribution is 0.196. The van der Waals surface area contributed by atoms with Crippen LogP contribution in [0.5, 0.6) is 5.19 Å². The van der Waals surface area contributed by atoms with Crippen molar-refractivity contribution in [2.24, 2.45) is 0 Å². The van der Waals surface area contributed by atoms with E-state index >= 15 is 0 Å². The first-order valence-corrected chi connectivity index (χ1v) is 7.51. The van der Waals surface area contributed by atoms with Gasteiger partial charge in [-0.2, -0.15) is 0 Å². The van der Waals surface area contributed by atoms with Gasteiger partial charge in [0.2, 0.25) is 0 Å². The molecule has 1 aliphatic rings. The Bertz CT molecular complexity index is 546. The molecule has 1 saturated heterocycles. The van der Waals surface area contributed by atoms with Crippen LogP contribution in [0.4, 0.5) is 0 Å². The maximum absolute atomic E-state index is 8.96. The van der Waals surface area contributed by atoms with Crippen molar-refractivity contribution >= 4 is 11.3 Å². The first-order chi connectivity index (χ1) is 9.83. The van der Waals surface area contributed by atoms with Crippen LogP contribution in [-0.4, -0.2) is 39.4 Å². The van der Waals surface area contributed by atoms with Gasteiger partial charge >= 0.3 is 0 Å². The van der Waals surface area contributed by atoms with Gasteiger partial charge in [0.25, 0.3) is 5.19 Å². The summed E-state index contributed by atoms with van der Waals surface area (Å²) in [5.74, 6) is 0. The summed E-state index contributed by atoms with van der Waals surface area (Å²) in [4.78, 5) is 2.38. The lowest BCUT2D eigenvalue weighted by Crippen LogP contribution is -2.24. The predicted molar refractivity (Wildman–Crippen MR) is 76.6 cm³/mol. The number of aliphatic hydroxyl groups is 1. The molecule has 20 heavy (non-hydrogen) atoms. The number of nitrogens with zero attached hydrogens (tertiary/aromatic N) is 3. The summed E-state index contributed by atoms with van der Waals surface area (Å²) in [5.41, 5.74) is 1.33. The lowest BCUT2D eigenvalue weighted by Gasteiger charge is -2.15. The second-order valence-corrected chi connectivity index (χ2v) is 5.89. The summed E-state index contributed by atoms with van der Waals surface area (Å²) in [6.45, 7) is 2.82. The Morgan fingerprint density at radius 3 is 2.90 bits per heavy atom. The zero-order valence-corrected chi connectivity index (χ0v) is 11.9. The van der Waals surface area contributed by atoms with E-state index in [2.05, 4.69) is 39.4 Å². The minimum absolute atomic E-state index is 0.0776. The monoisotopic (exact) mass is 291 g/mol. The van der Waals surface area contributed by atoms with Crippen LogP contribution in [0.2, 0.25) is 0 Å². The van der Waals surface area contributed by atoms with Crippen LogP contribution in [0.15, 0.2) is 30.3 Å². The molecule has 1 aliphatic heterocycles. The van der Waals surface area contributed by atoms with Gasteiger partial charge in [-0.3, -0.25) is 4.90 Å². The van der Waals surface area contributed by atoms with Crippen molar-refractivity contribution < 1.29 is 9.84 Å². The quantitative estimate of drug-likeness (QED) is 0.908. The highest BCUT2D eigenvalue weighted by atomic mass is 32.1. The summed E-state index contributed by atoms with van der Waals surface area (Å²) < 4.78 is 5.82. The minimum atomic E-state index is -0.0776. The van der Waals surface area contributed by atoms with Crippen molar-refractivity contribution in [1.29, 1.82) is 0 Å². The van der Waals surface area contributed by atoms with Crippen LogP contribution >= 0.6 is 11.3 Å². The van der Waals surface area contributed by atoms with Crippen LogP contribution in [0.1, 0.15) is 17.0 Å². The number of likely N-dealkylation sites (tertiary alicyclic amines) is 1. The second kappa shape index (κ2) is 6.30. The smallest absolute Gasteiger partial charge is 0.294 e. The molecule has 0 bridgehead atoms. The normalized spacial score (nSPS) is 19.4. The molecule has 1 unspecified atom stereocenters. The topological polar surface area (TPSA) is 58.5 Å². The van der Waals surface area contributed by atoms with Gasteiger partial charge < -0.3 is 9.84 Å². The largest absolute Gasteiger partial charge is 0.464 e.